The normalized spacial score (nSPS) is 19.8. The molecule has 1 aromatic rings. The highest BCUT2D eigenvalue weighted by atomic mass is 35.5. The molecule has 0 radical (unpaired) electrons. The topological polar surface area (TPSA) is 41.6 Å². The van der Waals surface area contributed by atoms with Gasteiger partial charge in [-0.15, -0.1) is 0 Å². The van der Waals surface area contributed by atoms with Gasteiger partial charge >= 0.3 is 0 Å². The van der Waals surface area contributed by atoms with Gasteiger partial charge in [0.05, 0.1) is 0 Å². The second-order valence-corrected chi connectivity index (χ2v) is 6.11. The molecule has 20 heavy (non-hydrogen) atoms. The van der Waals surface area contributed by atoms with Crippen molar-refractivity contribution in [2.24, 2.45) is 0 Å². The Kier molecular flexibility index (Phi) is 4.55. The first-order valence-corrected chi connectivity index (χ1v) is 7.23. The van der Waals surface area contributed by atoms with E-state index in [9.17, 15) is 4.79 Å². The van der Waals surface area contributed by atoms with Gasteiger partial charge in [0, 0.05) is 30.7 Å². The Morgan fingerprint density at radius 2 is 2.05 bits per heavy atom. The van der Waals surface area contributed by atoms with E-state index in [1.54, 1.807) is 38.1 Å². The van der Waals surface area contributed by atoms with E-state index in [1.165, 1.54) is 0 Å². The number of hydrogen-bond donors (Lipinski definition) is 1. The van der Waals surface area contributed by atoms with E-state index < -0.39 is 5.60 Å². The molecule has 1 aliphatic rings. The van der Waals surface area contributed by atoms with Crippen LogP contribution >= 0.6 is 11.6 Å². The van der Waals surface area contributed by atoms with Crippen molar-refractivity contribution in [2.45, 2.75) is 32.4 Å². The Balaban J connectivity index is 2.04. The molecule has 1 unspecified atom stereocenters. The van der Waals surface area contributed by atoms with Crippen LogP contribution in [0.25, 0.3) is 0 Å². The molecule has 1 fully saturated rings. The number of amides is 1. The molecular formula is C15H21ClN2O2. The fourth-order valence-corrected chi connectivity index (χ4v) is 2.46. The van der Waals surface area contributed by atoms with Gasteiger partial charge < -0.3 is 15.0 Å². The summed E-state index contributed by atoms with van der Waals surface area (Å²) in [4.78, 5) is 14.4. The summed E-state index contributed by atoms with van der Waals surface area (Å²) < 4.78 is 5.84. The Bertz CT molecular complexity index is 473. The van der Waals surface area contributed by atoms with Crippen LogP contribution in [-0.2, 0) is 4.79 Å². The Morgan fingerprint density at radius 1 is 1.40 bits per heavy atom. The van der Waals surface area contributed by atoms with Crippen LogP contribution < -0.4 is 10.1 Å². The molecule has 1 aromatic carbocycles. The van der Waals surface area contributed by atoms with Crippen LogP contribution in [0.15, 0.2) is 24.3 Å². The largest absolute Gasteiger partial charge is 0.478 e. The SMILES string of the molecule is CC1CN(C(=O)C(C)(C)Oc2ccc(Cl)cc2)CCN1. The van der Waals surface area contributed by atoms with E-state index >= 15 is 0 Å². The van der Waals surface area contributed by atoms with Crippen LogP contribution in [0, 0.1) is 0 Å². The minimum atomic E-state index is -0.884. The number of piperazine rings is 1. The Labute approximate surface area is 125 Å². The Morgan fingerprint density at radius 3 is 2.65 bits per heavy atom. The number of carbonyl (C=O) groups excluding carboxylic acids is 1. The summed E-state index contributed by atoms with van der Waals surface area (Å²) in [5, 5.41) is 3.98. The summed E-state index contributed by atoms with van der Waals surface area (Å²) in [6, 6.07) is 7.38. The van der Waals surface area contributed by atoms with Crippen LogP contribution in [0.2, 0.25) is 5.02 Å². The molecule has 2 rings (SSSR count). The van der Waals surface area contributed by atoms with Crippen LogP contribution in [0.1, 0.15) is 20.8 Å². The number of nitrogens with one attached hydrogen (secondary N) is 1. The second kappa shape index (κ2) is 6.02. The fourth-order valence-electron chi connectivity index (χ4n) is 2.34. The zero-order valence-electron chi connectivity index (χ0n) is 12.1. The van der Waals surface area contributed by atoms with E-state index in [-0.39, 0.29) is 5.91 Å². The first-order valence-electron chi connectivity index (χ1n) is 6.86. The third-order valence-corrected chi connectivity index (χ3v) is 3.61. The summed E-state index contributed by atoms with van der Waals surface area (Å²) in [5.41, 5.74) is -0.884. The van der Waals surface area contributed by atoms with Crippen molar-refractivity contribution in [3.8, 4) is 5.75 Å². The van der Waals surface area contributed by atoms with Crippen molar-refractivity contribution in [1.29, 1.82) is 0 Å². The van der Waals surface area contributed by atoms with E-state index in [0.29, 0.717) is 23.4 Å². The number of hydrogen-bond acceptors (Lipinski definition) is 3. The van der Waals surface area contributed by atoms with Crippen LogP contribution in [0.4, 0.5) is 0 Å². The monoisotopic (exact) mass is 296 g/mol. The smallest absolute Gasteiger partial charge is 0.266 e. The molecule has 0 bridgehead atoms. The fraction of sp³-hybridized carbons (Fsp3) is 0.533. The first kappa shape index (κ1) is 15.1. The van der Waals surface area contributed by atoms with E-state index in [2.05, 4.69) is 12.2 Å². The zero-order valence-corrected chi connectivity index (χ0v) is 12.9. The van der Waals surface area contributed by atoms with E-state index in [1.807, 2.05) is 4.90 Å². The van der Waals surface area contributed by atoms with Gasteiger partial charge in [0.1, 0.15) is 5.75 Å². The third kappa shape index (κ3) is 3.64. The minimum Gasteiger partial charge on any atom is -0.478 e. The van der Waals surface area contributed by atoms with Gasteiger partial charge in [0.25, 0.3) is 5.91 Å². The van der Waals surface area contributed by atoms with Crippen molar-refractivity contribution in [2.75, 3.05) is 19.6 Å². The summed E-state index contributed by atoms with van der Waals surface area (Å²) in [6.45, 7) is 7.94. The van der Waals surface area contributed by atoms with Gasteiger partial charge in [0.2, 0.25) is 0 Å². The van der Waals surface area contributed by atoms with Crippen molar-refractivity contribution in [3.63, 3.8) is 0 Å². The molecule has 1 saturated heterocycles. The first-order chi connectivity index (χ1) is 9.38. The van der Waals surface area contributed by atoms with E-state index in [0.717, 1.165) is 13.1 Å². The molecule has 0 aromatic heterocycles. The highest BCUT2D eigenvalue weighted by Gasteiger charge is 2.35. The molecule has 0 aliphatic carbocycles. The van der Waals surface area contributed by atoms with Gasteiger partial charge in [0.15, 0.2) is 5.60 Å². The highest BCUT2D eigenvalue weighted by Crippen LogP contribution is 2.22. The number of rotatable bonds is 3. The van der Waals surface area contributed by atoms with Gasteiger partial charge in [-0.25, -0.2) is 0 Å². The van der Waals surface area contributed by atoms with Crippen LogP contribution in [-0.4, -0.2) is 42.1 Å². The minimum absolute atomic E-state index is 0.0146. The van der Waals surface area contributed by atoms with Gasteiger partial charge in [-0.3, -0.25) is 4.79 Å². The highest BCUT2D eigenvalue weighted by molar-refractivity contribution is 6.30. The maximum Gasteiger partial charge on any atom is 0.266 e. The molecule has 1 N–H and O–H groups in total. The van der Waals surface area contributed by atoms with Gasteiger partial charge in [-0.05, 0) is 45.0 Å². The standard InChI is InChI=1S/C15H21ClN2O2/c1-11-10-18(9-8-17-11)14(19)15(2,3)20-13-6-4-12(16)5-7-13/h4-7,11,17H,8-10H2,1-3H3. The molecule has 5 heteroatoms. The average Bonchev–Trinajstić information content (AvgIpc) is 2.40. The van der Waals surface area contributed by atoms with Crippen molar-refractivity contribution >= 4 is 17.5 Å². The molecule has 0 saturated carbocycles. The Hall–Kier alpha value is -1.26. The molecular weight excluding hydrogens is 276 g/mol. The van der Waals surface area contributed by atoms with Crippen LogP contribution in [0.5, 0.6) is 5.75 Å². The molecule has 1 amide bonds. The van der Waals surface area contributed by atoms with Crippen molar-refractivity contribution < 1.29 is 9.53 Å². The lowest BCUT2D eigenvalue weighted by Crippen LogP contribution is -2.57. The molecule has 110 valence electrons. The molecule has 1 aliphatic heterocycles. The maximum atomic E-state index is 12.6. The third-order valence-electron chi connectivity index (χ3n) is 3.36. The van der Waals surface area contributed by atoms with E-state index in [4.69, 9.17) is 16.3 Å². The molecule has 4 nitrogen and oxygen atoms in total. The number of nitrogens with zero attached hydrogens (tertiary/aromatic N) is 1. The molecule has 1 heterocycles. The zero-order chi connectivity index (χ0) is 14.8. The summed E-state index contributed by atoms with van der Waals surface area (Å²) in [6.07, 6.45) is 0. The number of halogens is 1. The molecule has 1 atom stereocenters. The summed E-state index contributed by atoms with van der Waals surface area (Å²) >= 11 is 5.85. The summed E-state index contributed by atoms with van der Waals surface area (Å²) in [7, 11) is 0. The van der Waals surface area contributed by atoms with Crippen LogP contribution in [0.3, 0.4) is 0 Å². The maximum absolute atomic E-state index is 12.6. The lowest BCUT2D eigenvalue weighted by molar-refractivity contribution is -0.146. The number of benzene rings is 1. The van der Waals surface area contributed by atoms with Gasteiger partial charge in [-0.1, -0.05) is 11.6 Å². The van der Waals surface area contributed by atoms with Crippen molar-refractivity contribution in [1.82, 2.24) is 10.2 Å². The lowest BCUT2D eigenvalue weighted by atomic mass is 10.1. The van der Waals surface area contributed by atoms with Crippen molar-refractivity contribution in [3.05, 3.63) is 29.3 Å². The molecule has 0 spiro atoms. The quantitative estimate of drug-likeness (QED) is 0.931. The number of ether oxygens (including phenoxy) is 1. The predicted octanol–water partition coefficient (Wildman–Crippen LogP) is 2.32. The lowest BCUT2D eigenvalue weighted by Gasteiger charge is -2.37. The average molecular weight is 297 g/mol. The predicted molar refractivity (Wildman–Crippen MR) is 80.2 cm³/mol. The van der Waals surface area contributed by atoms with Gasteiger partial charge in [-0.2, -0.15) is 0 Å². The summed E-state index contributed by atoms with van der Waals surface area (Å²) in [5.74, 6) is 0.664. The number of carbonyl (C=O) groups is 1. The second-order valence-electron chi connectivity index (χ2n) is 5.67.